The van der Waals surface area contributed by atoms with Crippen LogP contribution in [0.4, 0.5) is 10.1 Å². The Morgan fingerprint density at radius 1 is 1.15 bits per heavy atom. The molecule has 0 aliphatic carbocycles. The van der Waals surface area contributed by atoms with E-state index in [0.717, 1.165) is 30.2 Å². The Hall–Kier alpha value is -2.95. The van der Waals surface area contributed by atoms with Gasteiger partial charge >= 0.3 is 0 Å². The number of anilines is 1. The molecule has 0 aliphatic rings. The number of nitrogens with zero attached hydrogens (tertiary/aromatic N) is 2. The normalized spacial score (nSPS) is 10.8. The predicted molar refractivity (Wildman–Crippen MR) is 106 cm³/mol. The van der Waals surface area contributed by atoms with Crippen LogP contribution in [0.1, 0.15) is 36.5 Å². The fourth-order valence-electron chi connectivity index (χ4n) is 2.92. The van der Waals surface area contributed by atoms with Gasteiger partial charge in [0.15, 0.2) is 11.6 Å². The maximum atomic E-state index is 14.8. The summed E-state index contributed by atoms with van der Waals surface area (Å²) in [7, 11) is 1.56. The SMILES string of the molecule is CCCCCOc1cccc(N(C)C(=O)c2ccc3ncccc3c2)c1F. The van der Waals surface area contributed by atoms with Crippen molar-refractivity contribution in [3.05, 3.63) is 66.1 Å². The smallest absolute Gasteiger partial charge is 0.258 e. The van der Waals surface area contributed by atoms with Gasteiger partial charge in [-0.05, 0) is 42.8 Å². The summed E-state index contributed by atoms with van der Waals surface area (Å²) < 4.78 is 20.4. The Labute approximate surface area is 158 Å². The Morgan fingerprint density at radius 2 is 2.00 bits per heavy atom. The van der Waals surface area contributed by atoms with Crippen LogP contribution in [0.15, 0.2) is 54.7 Å². The Morgan fingerprint density at radius 3 is 2.81 bits per heavy atom. The molecule has 27 heavy (non-hydrogen) atoms. The van der Waals surface area contributed by atoms with E-state index in [-0.39, 0.29) is 17.3 Å². The van der Waals surface area contributed by atoms with Crippen LogP contribution >= 0.6 is 0 Å². The number of ether oxygens (including phenoxy) is 1. The van der Waals surface area contributed by atoms with Crippen molar-refractivity contribution in [2.24, 2.45) is 0 Å². The largest absolute Gasteiger partial charge is 0.490 e. The molecule has 0 radical (unpaired) electrons. The van der Waals surface area contributed by atoms with Crippen LogP contribution in [0.5, 0.6) is 5.75 Å². The molecule has 1 amide bonds. The third kappa shape index (κ3) is 4.25. The second-order valence-electron chi connectivity index (χ2n) is 6.42. The number of carbonyl (C=O) groups excluding carboxylic acids is 1. The zero-order valence-corrected chi connectivity index (χ0v) is 15.6. The lowest BCUT2D eigenvalue weighted by atomic mass is 10.1. The first-order chi connectivity index (χ1) is 13.1. The van der Waals surface area contributed by atoms with Gasteiger partial charge in [-0.2, -0.15) is 0 Å². The van der Waals surface area contributed by atoms with Crippen molar-refractivity contribution < 1.29 is 13.9 Å². The van der Waals surface area contributed by atoms with Gasteiger partial charge in [0, 0.05) is 24.2 Å². The summed E-state index contributed by atoms with van der Waals surface area (Å²) in [5.41, 5.74) is 1.48. The third-order valence-corrected chi connectivity index (χ3v) is 4.46. The van der Waals surface area contributed by atoms with Crippen molar-refractivity contribution in [2.75, 3.05) is 18.6 Å². The first-order valence-electron chi connectivity index (χ1n) is 9.16. The Bertz CT molecular complexity index is 942. The highest BCUT2D eigenvalue weighted by Crippen LogP contribution is 2.28. The minimum atomic E-state index is -0.521. The van der Waals surface area contributed by atoms with Gasteiger partial charge in [-0.3, -0.25) is 9.78 Å². The molecule has 0 N–H and O–H groups in total. The van der Waals surface area contributed by atoms with Crippen LogP contribution in [0.3, 0.4) is 0 Å². The van der Waals surface area contributed by atoms with Gasteiger partial charge in [-0.25, -0.2) is 4.39 Å². The number of fused-ring (bicyclic) bond motifs is 1. The third-order valence-electron chi connectivity index (χ3n) is 4.46. The lowest BCUT2D eigenvalue weighted by molar-refractivity contribution is 0.0992. The van der Waals surface area contributed by atoms with E-state index in [4.69, 9.17) is 4.74 Å². The van der Waals surface area contributed by atoms with Crippen LogP contribution in [0.25, 0.3) is 10.9 Å². The van der Waals surface area contributed by atoms with Gasteiger partial charge < -0.3 is 9.64 Å². The van der Waals surface area contributed by atoms with Gasteiger partial charge in [0.1, 0.15) is 0 Å². The van der Waals surface area contributed by atoms with Crippen LogP contribution in [0, 0.1) is 5.82 Å². The molecular weight excluding hydrogens is 343 g/mol. The van der Waals surface area contributed by atoms with Gasteiger partial charge in [0.25, 0.3) is 5.91 Å². The second-order valence-corrected chi connectivity index (χ2v) is 6.42. The number of pyridine rings is 1. The van der Waals surface area contributed by atoms with Crippen molar-refractivity contribution in [1.29, 1.82) is 0 Å². The number of rotatable bonds is 7. The zero-order chi connectivity index (χ0) is 19.2. The molecule has 0 saturated carbocycles. The molecule has 0 spiro atoms. The molecule has 2 aromatic carbocycles. The molecule has 3 aromatic rings. The maximum absolute atomic E-state index is 14.8. The molecule has 0 bridgehead atoms. The molecule has 0 fully saturated rings. The van der Waals surface area contributed by atoms with E-state index >= 15 is 0 Å². The summed E-state index contributed by atoms with van der Waals surface area (Å²) in [5, 5.41) is 0.866. The first-order valence-corrected chi connectivity index (χ1v) is 9.16. The first kappa shape index (κ1) is 18.8. The molecule has 0 aliphatic heterocycles. The topological polar surface area (TPSA) is 42.4 Å². The zero-order valence-electron chi connectivity index (χ0n) is 15.6. The molecule has 140 valence electrons. The van der Waals surface area contributed by atoms with E-state index in [9.17, 15) is 9.18 Å². The maximum Gasteiger partial charge on any atom is 0.258 e. The van der Waals surface area contributed by atoms with Crippen LogP contribution < -0.4 is 9.64 Å². The van der Waals surface area contributed by atoms with Crippen LogP contribution in [0.2, 0.25) is 0 Å². The summed E-state index contributed by atoms with van der Waals surface area (Å²) >= 11 is 0. The van der Waals surface area contributed by atoms with Crippen molar-refractivity contribution in [3.8, 4) is 5.75 Å². The Kier molecular flexibility index (Phi) is 6.01. The van der Waals surface area contributed by atoms with E-state index in [1.807, 2.05) is 12.1 Å². The Balaban J connectivity index is 1.81. The monoisotopic (exact) mass is 366 g/mol. The highest BCUT2D eigenvalue weighted by atomic mass is 19.1. The van der Waals surface area contributed by atoms with E-state index in [2.05, 4.69) is 11.9 Å². The molecule has 5 heteroatoms. The van der Waals surface area contributed by atoms with Crippen LogP contribution in [-0.4, -0.2) is 24.5 Å². The molecule has 1 aromatic heterocycles. The average Bonchev–Trinajstić information content (AvgIpc) is 2.71. The number of unbranched alkanes of at least 4 members (excludes halogenated alkanes) is 2. The highest BCUT2D eigenvalue weighted by Gasteiger charge is 2.19. The fraction of sp³-hybridized carbons (Fsp3) is 0.273. The summed E-state index contributed by atoms with van der Waals surface area (Å²) in [5.74, 6) is -0.638. The minimum Gasteiger partial charge on any atom is -0.490 e. The lowest BCUT2D eigenvalue weighted by Crippen LogP contribution is -2.27. The predicted octanol–water partition coefficient (Wildman–Crippen LogP) is 5.22. The lowest BCUT2D eigenvalue weighted by Gasteiger charge is -2.19. The molecule has 0 saturated heterocycles. The molecule has 0 unspecified atom stereocenters. The van der Waals surface area contributed by atoms with E-state index in [0.29, 0.717) is 12.2 Å². The number of halogens is 1. The van der Waals surface area contributed by atoms with Gasteiger partial charge in [-0.1, -0.05) is 31.9 Å². The molecule has 0 atom stereocenters. The van der Waals surface area contributed by atoms with Crippen molar-refractivity contribution in [1.82, 2.24) is 4.98 Å². The minimum absolute atomic E-state index is 0.172. The van der Waals surface area contributed by atoms with E-state index < -0.39 is 5.82 Å². The van der Waals surface area contributed by atoms with Crippen molar-refractivity contribution in [2.45, 2.75) is 26.2 Å². The molecular formula is C22H23FN2O2. The van der Waals surface area contributed by atoms with Gasteiger partial charge in [-0.15, -0.1) is 0 Å². The fourth-order valence-corrected chi connectivity index (χ4v) is 2.92. The number of benzene rings is 2. The summed E-state index contributed by atoms with van der Waals surface area (Å²) in [4.78, 5) is 18.4. The number of aromatic nitrogens is 1. The van der Waals surface area contributed by atoms with Crippen molar-refractivity contribution in [3.63, 3.8) is 0 Å². The van der Waals surface area contributed by atoms with Gasteiger partial charge in [0.05, 0.1) is 17.8 Å². The number of carbonyl (C=O) groups is 1. The average molecular weight is 366 g/mol. The van der Waals surface area contributed by atoms with Gasteiger partial charge in [0.2, 0.25) is 0 Å². The summed E-state index contributed by atoms with van der Waals surface area (Å²) in [6, 6.07) is 13.8. The number of hydrogen-bond acceptors (Lipinski definition) is 3. The van der Waals surface area contributed by atoms with E-state index in [1.54, 1.807) is 49.6 Å². The standard InChI is InChI=1S/C22H23FN2O2/c1-3-4-5-14-27-20-10-6-9-19(21(20)23)25(2)22(26)17-11-12-18-16(15-17)8-7-13-24-18/h6-13,15H,3-5,14H2,1-2H3. The summed E-state index contributed by atoms with van der Waals surface area (Å²) in [6.45, 7) is 2.56. The number of hydrogen-bond donors (Lipinski definition) is 0. The summed E-state index contributed by atoms with van der Waals surface area (Å²) in [6.07, 6.45) is 4.69. The number of amides is 1. The quantitative estimate of drug-likeness (QED) is 0.539. The molecule has 3 rings (SSSR count). The highest BCUT2D eigenvalue weighted by molar-refractivity contribution is 6.07. The van der Waals surface area contributed by atoms with Crippen molar-refractivity contribution >= 4 is 22.5 Å². The molecule has 1 heterocycles. The second kappa shape index (κ2) is 8.62. The van der Waals surface area contributed by atoms with Crippen LogP contribution in [-0.2, 0) is 0 Å². The van der Waals surface area contributed by atoms with E-state index in [1.165, 1.54) is 4.90 Å². The molecule has 4 nitrogen and oxygen atoms in total.